The Morgan fingerprint density at radius 1 is 0.923 bits per heavy atom. The number of phenolic OH excluding ortho intramolecular Hbond substituents is 1. The first-order valence-corrected chi connectivity index (χ1v) is 8.38. The number of aromatic hydroxyl groups is 1. The largest absolute Gasteiger partial charge is 0.505 e. The number of phenols is 1. The van der Waals surface area contributed by atoms with Crippen molar-refractivity contribution in [2.75, 3.05) is 5.32 Å². The minimum atomic E-state index is -0.279. The second kappa shape index (κ2) is 6.80. The fourth-order valence-corrected chi connectivity index (χ4v) is 3.04. The first kappa shape index (κ1) is 16.0. The number of aryl methyl sites for hydroxylation is 1. The van der Waals surface area contributed by atoms with Crippen LogP contribution in [0.4, 0.5) is 5.82 Å². The van der Waals surface area contributed by atoms with E-state index in [1.54, 1.807) is 24.8 Å². The lowest BCUT2D eigenvalue weighted by Gasteiger charge is -2.22. The third kappa shape index (κ3) is 3.07. The van der Waals surface area contributed by atoms with E-state index in [1.807, 2.05) is 55.5 Å². The molecule has 5 heteroatoms. The van der Waals surface area contributed by atoms with Crippen LogP contribution in [0.3, 0.4) is 0 Å². The number of nitrogens with one attached hydrogen (secondary N) is 1. The summed E-state index contributed by atoms with van der Waals surface area (Å²) in [4.78, 5) is 12.8. The van der Waals surface area contributed by atoms with E-state index in [2.05, 4.69) is 20.3 Å². The lowest BCUT2D eigenvalue weighted by molar-refractivity contribution is 0.471. The van der Waals surface area contributed by atoms with Crippen LogP contribution in [-0.2, 0) is 0 Å². The second-order valence-electron chi connectivity index (χ2n) is 6.15. The van der Waals surface area contributed by atoms with Gasteiger partial charge < -0.3 is 10.4 Å². The van der Waals surface area contributed by atoms with Crippen molar-refractivity contribution in [2.45, 2.75) is 13.0 Å². The van der Waals surface area contributed by atoms with E-state index in [0.717, 1.165) is 27.9 Å². The molecule has 0 aliphatic rings. The summed E-state index contributed by atoms with van der Waals surface area (Å²) in [6, 6.07) is 15.2. The van der Waals surface area contributed by atoms with Crippen LogP contribution in [0.25, 0.3) is 10.9 Å². The molecule has 1 aromatic carbocycles. The van der Waals surface area contributed by atoms with E-state index in [9.17, 15) is 5.11 Å². The third-order valence-electron chi connectivity index (χ3n) is 4.34. The predicted molar refractivity (Wildman–Crippen MR) is 102 cm³/mol. The van der Waals surface area contributed by atoms with E-state index >= 15 is 0 Å². The minimum Gasteiger partial charge on any atom is -0.505 e. The number of hydrogen-bond acceptors (Lipinski definition) is 5. The Kier molecular flexibility index (Phi) is 4.19. The highest BCUT2D eigenvalue weighted by Gasteiger charge is 2.20. The highest BCUT2D eigenvalue weighted by molar-refractivity contribution is 5.86. The first-order chi connectivity index (χ1) is 12.7. The lowest BCUT2D eigenvalue weighted by atomic mass is 9.97. The molecule has 0 aliphatic heterocycles. The van der Waals surface area contributed by atoms with Crippen molar-refractivity contribution in [3.63, 3.8) is 0 Å². The molecule has 0 saturated carbocycles. The number of fused-ring (bicyclic) bond motifs is 1. The second-order valence-corrected chi connectivity index (χ2v) is 6.15. The highest BCUT2D eigenvalue weighted by atomic mass is 16.3. The van der Waals surface area contributed by atoms with Gasteiger partial charge in [-0.05, 0) is 48.4 Å². The van der Waals surface area contributed by atoms with Crippen molar-refractivity contribution in [2.24, 2.45) is 0 Å². The van der Waals surface area contributed by atoms with Crippen molar-refractivity contribution in [3.8, 4) is 5.75 Å². The molecule has 5 nitrogen and oxygen atoms in total. The Bertz CT molecular complexity index is 1050. The average Bonchev–Trinajstić information content (AvgIpc) is 2.68. The summed E-state index contributed by atoms with van der Waals surface area (Å²) in [7, 11) is 0. The van der Waals surface area contributed by atoms with Gasteiger partial charge in [-0.15, -0.1) is 0 Å². The standard InChI is InChI=1S/C21H18N4O/c1-14-6-12-23-18(13-14)25-19(16-7-10-22-11-8-16)17-5-4-15-3-2-9-24-20(15)21(17)26/h2-13,19,26H,1H3,(H,23,25)/t19-/m1/s1. The Morgan fingerprint density at radius 2 is 1.77 bits per heavy atom. The molecule has 0 unspecified atom stereocenters. The molecule has 0 saturated heterocycles. The number of rotatable bonds is 4. The first-order valence-electron chi connectivity index (χ1n) is 8.38. The zero-order chi connectivity index (χ0) is 17.9. The van der Waals surface area contributed by atoms with Crippen LogP contribution in [0.5, 0.6) is 5.75 Å². The summed E-state index contributed by atoms with van der Waals surface area (Å²) in [5, 5.41) is 15.2. The monoisotopic (exact) mass is 342 g/mol. The number of aromatic nitrogens is 3. The maximum absolute atomic E-state index is 10.9. The van der Waals surface area contributed by atoms with Crippen molar-refractivity contribution >= 4 is 16.7 Å². The van der Waals surface area contributed by atoms with Gasteiger partial charge in [0.1, 0.15) is 17.1 Å². The van der Waals surface area contributed by atoms with Gasteiger partial charge in [-0.1, -0.05) is 18.2 Å². The van der Waals surface area contributed by atoms with Crippen LogP contribution < -0.4 is 5.32 Å². The molecule has 128 valence electrons. The van der Waals surface area contributed by atoms with Crippen molar-refractivity contribution in [1.29, 1.82) is 0 Å². The van der Waals surface area contributed by atoms with Crippen molar-refractivity contribution < 1.29 is 5.11 Å². The van der Waals surface area contributed by atoms with E-state index in [4.69, 9.17) is 0 Å². The smallest absolute Gasteiger partial charge is 0.147 e. The molecule has 3 heterocycles. The topological polar surface area (TPSA) is 70.9 Å². The van der Waals surface area contributed by atoms with Gasteiger partial charge in [0.05, 0.1) is 6.04 Å². The molecular formula is C21H18N4O. The Hall–Kier alpha value is -3.47. The molecule has 4 rings (SSSR count). The molecule has 1 atom stereocenters. The van der Waals surface area contributed by atoms with E-state index in [0.29, 0.717) is 5.52 Å². The fourth-order valence-electron chi connectivity index (χ4n) is 3.04. The number of hydrogen-bond donors (Lipinski definition) is 2. The molecular weight excluding hydrogens is 324 g/mol. The predicted octanol–water partition coefficient (Wildman–Crippen LogP) is 4.24. The Morgan fingerprint density at radius 3 is 2.58 bits per heavy atom. The minimum absolute atomic E-state index is 0.171. The van der Waals surface area contributed by atoms with Crippen molar-refractivity contribution in [3.05, 3.63) is 90.0 Å². The summed E-state index contributed by atoms with van der Waals surface area (Å²) in [6.45, 7) is 2.02. The third-order valence-corrected chi connectivity index (χ3v) is 4.34. The number of nitrogens with zero attached hydrogens (tertiary/aromatic N) is 3. The SMILES string of the molecule is Cc1ccnc(N[C@H](c2ccncc2)c2ccc3cccnc3c2O)c1. The van der Waals surface area contributed by atoms with Gasteiger partial charge in [0, 0.05) is 35.7 Å². The van der Waals surface area contributed by atoms with Crippen molar-refractivity contribution in [1.82, 2.24) is 15.0 Å². The zero-order valence-corrected chi connectivity index (χ0v) is 14.3. The maximum Gasteiger partial charge on any atom is 0.147 e. The van der Waals surface area contributed by atoms with Crippen LogP contribution in [0, 0.1) is 6.92 Å². The molecule has 4 aromatic rings. The summed E-state index contributed by atoms with van der Waals surface area (Å²) in [5.41, 5.74) is 3.42. The van der Waals surface area contributed by atoms with Gasteiger partial charge in [0.2, 0.25) is 0 Å². The quantitative estimate of drug-likeness (QED) is 0.580. The van der Waals surface area contributed by atoms with E-state index in [-0.39, 0.29) is 11.8 Å². The maximum atomic E-state index is 10.9. The average molecular weight is 342 g/mol. The Balaban J connectivity index is 1.84. The van der Waals surface area contributed by atoms with Crippen LogP contribution in [0.2, 0.25) is 0 Å². The molecule has 0 spiro atoms. The number of pyridine rings is 3. The number of benzene rings is 1. The summed E-state index contributed by atoms with van der Waals surface area (Å²) >= 11 is 0. The van der Waals surface area contributed by atoms with Crippen LogP contribution in [0.15, 0.2) is 73.3 Å². The summed E-state index contributed by atoms with van der Waals surface area (Å²) < 4.78 is 0. The molecule has 26 heavy (non-hydrogen) atoms. The van der Waals surface area contributed by atoms with Crippen LogP contribution in [0.1, 0.15) is 22.7 Å². The van der Waals surface area contributed by atoms with Gasteiger partial charge in [-0.3, -0.25) is 9.97 Å². The molecule has 3 aromatic heterocycles. The van der Waals surface area contributed by atoms with E-state index in [1.165, 1.54) is 0 Å². The molecule has 2 N–H and O–H groups in total. The summed E-state index contributed by atoms with van der Waals surface area (Å²) in [6.07, 6.45) is 6.93. The van der Waals surface area contributed by atoms with E-state index < -0.39 is 0 Å². The van der Waals surface area contributed by atoms with Crippen LogP contribution in [-0.4, -0.2) is 20.1 Å². The summed E-state index contributed by atoms with van der Waals surface area (Å²) in [5.74, 6) is 0.914. The van der Waals surface area contributed by atoms with Gasteiger partial charge >= 0.3 is 0 Å². The fraction of sp³-hybridized carbons (Fsp3) is 0.0952. The molecule has 0 aliphatic carbocycles. The molecule has 0 bridgehead atoms. The lowest BCUT2D eigenvalue weighted by Crippen LogP contribution is -2.14. The Labute approximate surface area is 151 Å². The highest BCUT2D eigenvalue weighted by Crippen LogP contribution is 2.35. The van der Waals surface area contributed by atoms with Gasteiger partial charge in [-0.25, -0.2) is 4.98 Å². The van der Waals surface area contributed by atoms with Gasteiger partial charge in [0.15, 0.2) is 0 Å². The number of anilines is 1. The van der Waals surface area contributed by atoms with Gasteiger partial charge in [0.25, 0.3) is 0 Å². The van der Waals surface area contributed by atoms with Crippen LogP contribution >= 0.6 is 0 Å². The molecule has 0 radical (unpaired) electrons. The molecule has 0 amide bonds. The molecule has 0 fully saturated rings. The normalized spacial score (nSPS) is 12.0. The zero-order valence-electron chi connectivity index (χ0n) is 14.3. The van der Waals surface area contributed by atoms with Gasteiger partial charge in [-0.2, -0.15) is 0 Å².